The highest BCUT2D eigenvalue weighted by atomic mass is 16.5. The fourth-order valence-corrected chi connectivity index (χ4v) is 4.34. The van der Waals surface area contributed by atoms with Crippen molar-refractivity contribution in [3.8, 4) is 0 Å². The number of ether oxygens (including phenoxy) is 2. The van der Waals surface area contributed by atoms with E-state index in [1.54, 1.807) is 6.92 Å². The first-order chi connectivity index (χ1) is 21.7. The van der Waals surface area contributed by atoms with Gasteiger partial charge in [-0.05, 0) is 58.3 Å². The maximum Gasteiger partial charge on any atom is 0.303 e. The van der Waals surface area contributed by atoms with Crippen LogP contribution in [0.1, 0.15) is 90.9 Å². The van der Waals surface area contributed by atoms with Crippen LogP contribution in [0.15, 0.2) is 72.9 Å². The molecule has 0 aromatic carbocycles. The number of carbonyl (C=O) groups excluding carboxylic acids is 4. The molecule has 0 saturated carbocycles. The van der Waals surface area contributed by atoms with Crippen LogP contribution in [0, 0.1) is 11.8 Å². The second-order valence-corrected chi connectivity index (χ2v) is 10.7. The van der Waals surface area contributed by atoms with Crippen molar-refractivity contribution >= 4 is 30.5 Å². The van der Waals surface area contributed by atoms with Gasteiger partial charge in [-0.3, -0.25) is 24.0 Å². The van der Waals surface area contributed by atoms with Crippen molar-refractivity contribution in [2.75, 3.05) is 6.61 Å². The fraction of sp³-hybridized carbons (Fsp3) is 0.528. The van der Waals surface area contributed by atoms with Gasteiger partial charge < -0.3 is 19.7 Å². The quantitative estimate of drug-likeness (QED) is 0.0406. The standard InChI is InChI=1S/C36H52O9/c1-3-4-15-19-34(40)31(18-16-13-11-9-7-5-6-8-10-12-14-17-20-36(42)43)22-23-32(35(41)25-26-44-28-37)27-33(39)24-21-30(2)45-29-38/h4,6-9,11-16,18,28-32,34,40H,3,5,10,17,19-27H2,1-2H3,(H,42,43)/b8-6-,9-7-,13-11+,14-12-,15-4-,18-16+. The average Bonchev–Trinajstić information content (AvgIpc) is 3.01. The number of hydrogen-bond acceptors (Lipinski definition) is 8. The van der Waals surface area contributed by atoms with Crippen molar-refractivity contribution in [2.24, 2.45) is 11.8 Å². The van der Waals surface area contributed by atoms with Gasteiger partial charge in [0.25, 0.3) is 12.9 Å². The summed E-state index contributed by atoms with van der Waals surface area (Å²) in [6, 6.07) is 0. The first-order valence-electron chi connectivity index (χ1n) is 15.8. The van der Waals surface area contributed by atoms with E-state index in [0.29, 0.717) is 38.6 Å². The number of carboxylic acid groups (broad SMARTS) is 1. The molecule has 0 aromatic rings. The molecule has 0 amide bonds. The fourth-order valence-electron chi connectivity index (χ4n) is 4.34. The first kappa shape index (κ1) is 41.1. The van der Waals surface area contributed by atoms with Crippen LogP contribution in [0.2, 0.25) is 0 Å². The number of carbonyl (C=O) groups is 5. The lowest BCUT2D eigenvalue weighted by atomic mass is 9.84. The summed E-state index contributed by atoms with van der Waals surface area (Å²) in [5.41, 5.74) is 0. The topological polar surface area (TPSA) is 144 Å². The maximum absolute atomic E-state index is 12.9. The van der Waals surface area contributed by atoms with E-state index in [-0.39, 0.29) is 56.2 Å². The van der Waals surface area contributed by atoms with E-state index in [4.69, 9.17) is 14.6 Å². The zero-order chi connectivity index (χ0) is 33.5. The van der Waals surface area contributed by atoms with E-state index >= 15 is 0 Å². The molecule has 0 aliphatic carbocycles. The summed E-state index contributed by atoms with van der Waals surface area (Å²) in [7, 11) is 0. The Kier molecular flexibility index (Phi) is 26.4. The van der Waals surface area contributed by atoms with Gasteiger partial charge in [0, 0.05) is 37.5 Å². The van der Waals surface area contributed by atoms with Gasteiger partial charge in [-0.1, -0.05) is 79.8 Å². The highest BCUT2D eigenvalue weighted by Gasteiger charge is 2.25. The third kappa shape index (κ3) is 25.2. The second-order valence-electron chi connectivity index (χ2n) is 10.7. The van der Waals surface area contributed by atoms with Gasteiger partial charge in [0.15, 0.2) is 0 Å². The molecule has 0 fully saturated rings. The Bertz CT molecular complexity index is 1020. The molecule has 250 valence electrons. The number of hydrogen-bond donors (Lipinski definition) is 2. The largest absolute Gasteiger partial charge is 0.481 e. The number of aliphatic hydroxyl groups excluding tert-OH is 1. The lowest BCUT2D eigenvalue weighted by Crippen LogP contribution is -2.24. The summed E-state index contributed by atoms with van der Waals surface area (Å²) in [5, 5.41) is 19.5. The Labute approximate surface area is 268 Å². The van der Waals surface area contributed by atoms with Crippen molar-refractivity contribution in [3.63, 3.8) is 0 Å². The minimum Gasteiger partial charge on any atom is -0.481 e. The van der Waals surface area contributed by atoms with Gasteiger partial charge >= 0.3 is 5.97 Å². The van der Waals surface area contributed by atoms with E-state index in [0.717, 1.165) is 19.3 Å². The van der Waals surface area contributed by atoms with Crippen molar-refractivity contribution in [2.45, 2.75) is 103 Å². The highest BCUT2D eigenvalue weighted by Crippen LogP contribution is 2.24. The minimum atomic E-state index is -0.798. The molecule has 0 radical (unpaired) electrons. The Morgan fingerprint density at radius 1 is 0.778 bits per heavy atom. The molecule has 0 heterocycles. The molecular weight excluding hydrogens is 576 g/mol. The Balaban J connectivity index is 5.22. The molecule has 0 aromatic heterocycles. The molecule has 0 saturated heterocycles. The van der Waals surface area contributed by atoms with Gasteiger partial charge in [0.1, 0.15) is 11.6 Å². The van der Waals surface area contributed by atoms with E-state index in [2.05, 4.69) is 0 Å². The SMILES string of the molecule is CC/C=C\CC(O)C(/C=C/C=C/C=C\C/C=C\C/C=C\CCC(=O)O)CCC(CC(=O)CCC(C)OC=O)C(=O)CCOC=O. The number of rotatable bonds is 29. The number of carboxylic acids is 1. The van der Waals surface area contributed by atoms with Crippen molar-refractivity contribution < 1.29 is 43.7 Å². The van der Waals surface area contributed by atoms with Crippen LogP contribution in [0.4, 0.5) is 0 Å². The van der Waals surface area contributed by atoms with Gasteiger partial charge in [-0.15, -0.1) is 0 Å². The zero-order valence-electron chi connectivity index (χ0n) is 26.8. The number of allylic oxidation sites excluding steroid dienone is 10. The Morgan fingerprint density at radius 3 is 2.18 bits per heavy atom. The summed E-state index contributed by atoms with van der Waals surface area (Å²) in [4.78, 5) is 57.1. The normalized spacial score (nSPS) is 14.9. The van der Waals surface area contributed by atoms with Gasteiger partial charge in [-0.2, -0.15) is 0 Å². The monoisotopic (exact) mass is 628 g/mol. The first-order valence-corrected chi connectivity index (χ1v) is 15.8. The minimum absolute atomic E-state index is 0.0113. The third-order valence-electron chi connectivity index (χ3n) is 6.93. The van der Waals surface area contributed by atoms with Crippen LogP contribution in [0.5, 0.6) is 0 Å². The summed E-state index contributed by atoms with van der Waals surface area (Å²) >= 11 is 0. The third-order valence-corrected chi connectivity index (χ3v) is 6.93. The van der Waals surface area contributed by atoms with Crippen LogP contribution in [0.25, 0.3) is 0 Å². The summed E-state index contributed by atoms with van der Waals surface area (Å²) in [5.74, 6) is -1.89. The molecule has 45 heavy (non-hydrogen) atoms. The van der Waals surface area contributed by atoms with E-state index < -0.39 is 24.1 Å². The second kappa shape index (κ2) is 28.9. The summed E-state index contributed by atoms with van der Waals surface area (Å²) in [6.07, 6.45) is 27.2. The predicted octanol–water partition coefficient (Wildman–Crippen LogP) is 6.58. The van der Waals surface area contributed by atoms with Crippen LogP contribution in [-0.2, 0) is 33.4 Å². The molecule has 0 aliphatic heterocycles. The zero-order valence-corrected chi connectivity index (χ0v) is 26.8. The summed E-state index contributed by atoms with van der Waals surface area (Å²) in [6.45, 7) is 4.30. The van der Waals surface area contributed by atoms with E-state index in [1.165, 1.54) is 0 Å². The highest BCUT2D eigenvalue weighted by molar-refractivity contribution is 5.88. The molecule has 0 aliphatic rings. The smallest absolute Gasteiger partial charge is 0.303 e. The molecule has 0 bridgehead atoms. The molecular formula is C36H52O9. The molecule has 4 unspecified atom stereocenters. The van der Waals surface area contributed by atoms with Crippen LogP contribution in [0.3, 0.4) is 0 Å². The predicted molar refractivity (Wildman–Crippen MR) is 175 cm³/mol. The van der Waals surface area contributed by atoms with Gasteiger partial charge in [0.2, 0.25) is 0 Å². The van der Waals surface area contributed by atoms with E-state index in [9.17, 15) is 29.1 Å². The molecule has 0 rings (SSSR count). The van der Waals surface area contributed by atoms with Crippen LogP contribution >= 0.6 is 0 Å². The number of Topliss-reactive ketones (excluding diaryl/α,β-unsaturated/α-hetero) is 2. The van der Waals surface area contributed by atoms with Crippen LogP contribution < -0.4 is 0 Å². The lowest BCUT2D eigenvalue weighted by molar-refractivity contribution is -0.137. The lowest BCUT2D eigenvalue weighted by Gasteiger charge is -2.22. The number of aliphatic carboxylic acids is 1. The van der Waals surface area contributed by atoms with Crippen molar-refractivity contribution in [1.82, 2.24) is 0 Å². The molecule has 0 spiro atoms. The van der Waals surface area contributed by atoms with Crippen molar-refractivity contribution in [3.05, 3.63) is 72.9 Å². The molecule has 9 heteroatoms. The van der Waals surface area contributed by atoms with Crippen molar-refractivity contribution in [1.29, 1.82) is 0 Å². The molecule has 4 atom stereocenters. The Morgan fingerprint density at radius 2 is 1.49 bits per heavy atom. The molecule has 9 nitrogen and oxygen atoms in total. The number of ketones is 2. The maximum atomic E-state index is 12.9. The molecule has 2 N–H and O–H groups in total. The van der Waals surface area contributed by atoms with Crippen LogP contribution in [-0.4, -0.2) is 59.5 Å². The summed E-state index contributed by atoms with van der Waals surface area (Å²) < 4.78 is 9.53. The van der Waals surface area contributed by atoms with E-state index in [1.807, 2.05) is 79.8 Å². The van der Waals surface area contributed by atoms with Gasteiger partial charge in [0.05, 0.1) is 18.8 Å². The average molecular weight is 629 g/mol. The Hall–Kier alpha value is -3.85. The number of aliphatic hydroxyl groups is 1. The van der Waals surface area contributed by atoms with Gasteiger partial charge in [-0.25, -0.2) is 0 Å².